The van der Waals surface area contributed by atoms with Crippen LogP contribution in [-0.2, 0) is 6.61 Å². The van der Waals surface area contributed by atoms with E-state index in [1.165, 1.54) is 11.1 Å². The van der Waals surface area contributed by atoms with E-state index in [0.717, 1.165) is 17.0 Å². The number of carbonyl (C=O) groups is 1. The van der Waals surface area contributed by atoms with Crippen molar-refractivity contribution < 1.29 is 13.9 Å². The van der Waals surface area contributed by atoms with Crippen molar-refractivity contribution in [1.82, 2.24) is 0 Å². The van der Waals surface area contributed by atoms with Gasteiger partial charge in [0.15, 0.2) is 5.76 Å². The Morgan fingerprint density at radius 1 is 0.960 bits per heavy atom. The summed E-state index contributed by atoms with van der Waals surface area (Å²) in [6.45, 7) is 6.35. The maximum absolute atomic E-state index is 12.3. The monoisotopic (exact) mass is 335 g/mol. The molecule has 128 valence electrons. The number of furan rings is 1. The topological polar surface area (TPSA) is 51.5 Å². The normalized spacial score (nSPS) is 10.5. The highest BCUT2D eigenvalue weighted by Gasteiger charge is 2.12. The SMILES string of the molecule is Cc1ccc(OCc2ccc(C(=O)Nc3ccc(C)c(C)c3)o2)cc1. The molecule has 4 nitrogen and oxygen atoms in total. The van der Waals surface area contributed by atoms with Crippen molar-refractivity contribution in [2.45, 2.75) is 27.4 Å². The van der Waals surface area contributed by atoms with Gasteiger partial charge in [-0.1, -0.05) is 23.8 Å². The first-order valence-corrected chi connectivity index (χ1v) is 8.18. The van der Waals surface area contributed by atoms with E-state index in [0.29, 0.717) is 5.76 Å². The van der Waals surface area contributed by atoms with Crippen LogP contribution in [0.1, 0.15) is 33.0 Å². The summed E-state index contributed by atoms with van der Waals surface area (Å²) in [5.74, 6) is 1.36. The maximum atomic E-state index is 12.3. The van der Waals surface area contributed by atoms with Crippen molar-refractivity contribution in [3.63, 3.8) is 0 Å². The van der Waals surface area contributed by atoms with E-state index < -0.39 is 0 Å². The van der Waals surface area contributed by atoms with Crippen LogP contribution in [0, 0.1) is 20.8 Å². The van der Waals surface area contributed by atoms with Gasteiger partial charge in [0.2, 0.25) is 0 Å². The van der Waals surface area contributed by atoms with Crippen LogP contribution >= 0.6 is 0 Å². The molecule has 2 aromatic carbocycles. The predicted octanol–water partition coefficient (Wildman–Crippen LogP) is 5.04. The zero-order valence-corrected chi connectivity index (χ0v) is 14.6. The van der Waals surface area contributed by atoms with Gasteiger partial charge in [-0.15, -0.1) is 0 Å². The molecular formula is C21H21NO3. The van der Waals surface area contributed by atoms with Crippen LogP contribution in [0.4, 0.5) is 5.69 Å². The average molecular weight is 335 g/mol. The quantitative estimate of drug-likeness (QED) is 0.711. The number of ether oxygens (including phenoxy) is 1. The van der Waals surface area contributed by atoms with Gasteiger partial charge in [0, 0.05) is 5.69 Å². The van der Waals surface area contributed by atoms with E-state index in [-0.39, 0.29) is 18.3 Å². The van der Waals surface area contributed by atoms with E-state index >= 15 is 0 Å². The lowest BCUT2D eigenvalue weighted by Gasteiger charge is -2.06. The van der Waals surface area contributed by atoms with Gasteiger partial charge in [0.05, 0.1) is 0 Å². The van der Waals surface area contributed by atoms with E-state index in [9.17, 15) is 4.79 Å². The molecule has 25 heavy (non-hydrogen) atoms. The summed E-state index contributed by atoms with van der Waals surface area (Å²) >= 11 is 0. The zero-order valence-electron chi connectivity index (χ0n) is 14.6. The lowest BCUT2D eigenvalue weighted by Crippen LogP contribution is -2.11. The third-order valence-corrected chi connectivity index (χ3v) is 4.05. The van der Waals surface area contributed by atoms with Gasteiger partial charge in [0.25, 0.3) is 5.91 Å². The minimum Gasteiger partial charge on any atom is -0.486 e. The number of aryl methyl sites for hydroxylation is 3. The van der Waals surface area contributed by atoms with Gasteiger partial charge in [0.1, 0.15) is 18.1 Å². The number of hydrogen-bond acceptors (Lipinski definition) is 3. The molecule has 0 atom stereocenters. The second kappa shape index (κ2) is 7.26. The number of carbonyl (C=O) groups excluding carboxylic acids is 1. The molecule has 1 heterocycles. The molecule has 0 fully saturated rings. The zero-order chi connectivity index (χ0) is 17.8. The fourth-order valence-electron chi connectivity index (χ4n) is 2.38. The van der Waals surface area contributed by atoms with Crippen LogP contribution < -0.4 is 10.1 Å². The third kappa shape index (κ3) is 4.29. The number of rotatable bonds is 5. The maximum Gasteiger partial charge on any atom is 0.291 e. The Balaban J connectivity index is 1.61. The van der Waals surface area contributed by atoms with Crippen LogP contribution in [0.5, 0.6) is 5.75 Å². The molecule has 1 aromatic heterocycles. The number of amides is 1. The highest BCUT2D eigenvalue weighted by Crippen LogP contribution is 2.18. The van der Waals surface area contributed by atoms with Crippen molar-refractivity contribution in [2.75, 3.05) is 5.32 Å². The largest absolute Gasteiger partial charge is 0.486 e. The Morgan fingerprint density at radius 2 is 1.72 bits per heavy atom. The Hall–Kier alpha value is -3.01. The van der Waals surface area contributed by atoms with Gasteiger partial charge in [-0.25, -0.2) is 0 Å². The molecule has 0 aliphatic rings. The molecule has 0 saturated heterocycles. The van der Waals surface area contributed by atoms with Crippen LogP contribution in [0.15, 0.2) is 59.0 Å². The second-order valence-electron chi connectivity index (χ2n) is 6.12. The van der Waals surface area contributed by atoms with Crippen molar-refractivity contribution in [1.29, 1.82) is 0 Å². The number of nitrogens with one attached hydrogen (secondary N) is 1. The molecular weight excluding hydrogens is 314 g/mol. The van der Waals surface area contributed by atoms with Crippen molar-refractivity contribution >= 4 is 11.6 Å². The summed E-state index contributed by atoms with van der Waals surface area (Å²) in [6, 6.07) is 17.0. The number of benzene rings is 2. The molecule has 1 amide bonds. The summed E-state index contributed by atoms with van der Waals surface area (Å²) in [5.41, 5.74) is 4.24. The Kier molecular flexibility index (Phi) is 4.89. The molecule has 0 saturated carbocycles. The third-order valence-electron chi connectivity index (χ3n) is 4.05. The summed E-state index contributed by atoms with van der Waals surface area (Å²) < 4.78 is 11.2. The highest BCUT2D eigenvalue weighted by molar-refractivity contribution is 6.02. The van der Waals surface area contributed by atoms with Crippen molar-refractivity contribution in [2.24, 2.45) is 0 Å². The lowest BCUT2D eigenvalue weighted by atomic mass is 10.1. The predicted molar refractivity (Wildman–Crippen MR) is 98.1 cm³/mol. The minimum atomic E-state index is -0.273. The lowest BCUT2D eigenvalue weighted by molar-refractivity contribution is 0.0992. The Morgan fingerprint density at radius 3 is 2.44 bits per heavy atom. The smallest absolute Gasteiger partial charge is 0.291 e. The fourth-order valence-corrected chi connectivity index (χ4v) is 2.38. The van der Waals surface area contributed by atoms with E-state index in [1.54, 1.807) is 12.1 Å². The number of anilines is 1. The molecule has 1 N–H and O–H groups in total. The molecule has 0 bridgehead atoms. The van der Waals surface area contributed by atoms with Crippen LogP contribution in [0.25, 0.3) is 0 Å². The first-order chi connectivity index (χ1) is 12.0. The van der Waals surface area contributed by atoms with Crippen LogP contribution in [0.3, 0.4) is 0 Å². The van der Waals surface area contributed by atoms with Crippen LogP contribution in [-0.4, -0.2) is 5.91 Å². The van der Waals surface area contributed by atoms with Crippen LogP contribution in [0.2, 0.25) is 0 Å². The molecule has 0 unspecified atom stereocenters. The minimum absolute atomic E-state index is 0.265. The van der Waals surface area contributed by atoms with Gasteiger partial charge in [-0.05, 0) is 68.3 Å². The van der Waals surface area contributed by atoms with Gasteiger partial charge >= 0.3 is 0 Å². The molecule has 0 spiro atoms. The first kappa shape index (κ1) is 16.8. The standard InChI is InChI=1S/C21H21NO3/c1-14-4-8-18(9-5-14)24-13-19-10-11-20(25-19)21(23)22-17-7-6-15(2)16(3)12-17/h4-12H,13H2,1-3H3,(H,22,23). The van der Waals surface area contributed by atoms with E-state index in [4.69, 9.17) is 9.15 Å². The Bertz CT molecular complexity index is 878. The van der Waals surface area contributed by atoms with Gasteiger partial charge in [-0.2, -0.15) is 0 Å². The molecule has 4 heteroatoms. The summed E-state index contributed by atoms with van der Waals surface area (Å²) in [7, 11) is 0. The van der Waals surface area contributed by atoms with E-state index in [2.05, 4.69) is 5.32 Å². The summed E-state index contributed by atoms with van der Waals surface area (Å²) in [4.78, 5) is 12.3. The van der Waals surface area contributed by atoms with Crippen molar-refractivity contribution in [3.8, 4) is 5.75 Å². The molecule has 0 radical (unpaired) electrons. The number of hydrogen-bond donors (Lipinski definition) is 1. The molecule has 0 aliphatic heterocycles. The molecule has 3 aromatic rings. The molecule has 3 rings (SSSR count). The fraction of sp³-hybridized carbons (Fsp3) is 0.190. The van der Waals surface area contributed by atoms with Gasteiger partial charge in [-0.3, -0.25) is 4.79 Å². The highest BCUT2D eigenvalue weighted by atomic mass is 16.5. The van der Waals surface area contributed by atoms with Crippen molar-refractivity contribution in [3.05, 3.63) is 82.8 Å². The van der Waals surface area contributed by atoms with Gasteiger partial charge < -0.3 is 14.5 Å². The summed E-state index contributed by atoms with van der Waals surface area (Å²) in [5, 5.41) is 2.85. The molecule has 0 aliphatic carbocycles. The second-order valence-corrected chi connectivity index (χ2v) is 6.12. The summed E-state index contributed by atoms with van der Waals surface area (Å²) in [6.07, 6.45) is 0. The first-order valence-electron chi connectivity index (χ1n) is 8.18. The Labute approximate surface area is 147 Å². The average Bonchev–Trinajstić information content (AvgIpc) is 3.07. The van der Waals surface area contributed by atoms with E-state index in [1.807, 2.05) is 63.2 Å².